The number of carboxylic acid groups (broad SMARTS) is 1. The Morgan fingerprint density at radius 3 is 2.70 bits per heavy atom. The molecule has 0 aliphatic carbocycles. The van der Waals surface area contributed by atoms with Gasteiger partial charge in [0.25, 0.3) is 0 Å². The minimum atomic E-state index is -1.05. The van der Waals surface area contributed by atoms with Crippen molar-refractivity contribution < 1.29 is 9.90 Å². The van der Waals surface area contributed by atoms with Gasteiger partial charge in [-0.3, -0.25) is 0 Å². The van der Waals surface area contributed by atoms with Crippen molar-refractivity contribution in [1.29, 1.82) is 0 Å². The van der Waals surface area contributed by atoms with E-state index in [2.05, 4.69) is 23.8 Å². The van der Waals surface area contributed by atoms with E-state index in [1.54, 1.807) is 12.1 Å². The highest BCUT2D eigenvalue weighted by Crippen LogP contribution is 2.25. The van der Waals surface area contributed by atoms with E-state index in [0.29, 0.717) is 34.1 Å². The molecule has 1 aromatic carbocycles. The van der Waals surface area contributed by atoms with Crippen LogP contribution in [0.5, 0.6) is 0 Å². The summed E-state index contributed by atoms with van der Waals surface area (Å²) in [5.41, 5.74) is 1.56. The first-order valence-electron chi connectivity index (χ1n) is 6.62. The quantitative estimate of drug-likeness (QED) is 0.929. The Kier molecular flexibility index (Phi) is 4.23. The van der Waals surface area contributed by atoms with Gasteiger partial charge in [0.15, 0.2) is 5.69 Å². The van der Waals surface area contributed by atoms with E-state index in [0.717, 1.165) is 12.0 Å². The second-order valence-electron chi connectivity index (χ2n) is 5.13. The normalized spacial score (nSPS) is 12.6. The summed E-state index contributed by atoms with van der Waals surface area (Å²) in [4.78, 5) is 20.1. The van der Waals surface area contributed by atoms with Crippen LogP contribution < -0.4 is 0 Å². The van der Waals surface area contributed by atoms with Crippen molar-refractivity contribution in [2.75, 3.05) is 0 Å². The van der Waals surface area contributed by atoms with Crippen LogP contribution in [0, 0.1) is 12.8 Å². The number of aromatic nitrogens is 2. The molecular weight excluding hydrogens is 276 g/mol. The molecule has 0 radical (unpaired) electrons. The molecule has 2 rings (SSSR count). The lowest BCUT2D eigenvalue weighted by molar-refractivity contribution is 0.0692. The molecule has 0 spiro atoms. The predicted octanol–water partition coefficient (Wildman–Crippen LogP) is 3.88. The first-order valence-corrected chi connectivity index (χ1v) is 7.00. The molecule has 2 aromatic rings. The second-order valence-corrected chi connectivity index (χ2v) is 5.57. The van der Waals surface area contributed by atoms with E-state index < -0.39 is 5.97 Å². The van der Waals surface area contributed by atoms with E-state index in [1.165, 1.54) is 0 Å². The van der Waals surface area contributed by atoms with Gasteiger partial charge in [0.2, 0.25) is 0 Å². The van der Waals surface area contributed by atoms with Gasteiger partial charge in [-0.1, -0.05) is 31.9 Å². The minimum absolute atomic E-state index is 0.0268. The molecule has 1 unspecified atom stereocenters. The third-order valence-electron chi connectivity index (χ3n) is 3.43. The maximum absolute atomic E-state index is 11.4. The summed E-state index contributed by atoms with van der Waals surface area (Å²) in [5.74, 6) is -0.0548. The van der Waals surface area contributed by atoms with Crippen LogP contribution in [-0.2, 0) is 6.42 Å². The van der Waals surface area contributed by atoms with Crippen LogP contribution in [-0.4, -0.2) is 21.0 Å². The Morgan fingerprint density at radius 2 is 2.10 bits per heavy atom. The van der Waals surface area contributed by atoms with Gasteiger partial charge in [-0.25, -0.2) is 14.8 Å². The summed E-state index contributed by atoms with van der Waals surface area (Å²) in [6.45, 7) is 6.07. The van der Waals surface area contributed by atoms with E-state index in [-0.39, 0.29) is 5.69 Å². The van der Waals surface area contributed by atoms with E-state index in [4.69, 9.17) is 11.6 Å². The number of hydrogen-bond acceptors (Lipinski definition) is 3. The van der Waals surface area contributed by atoms with Gasteiger partial charge in [0.1, 0.15) is 5.82 Å². The van der Waals surface area contributed by atoms with Crippen LogP contribution in [0.25, 0.3) is 10.9 Å². The van der Waals surface area contributed by atoms with E-state index in [1.807, 2.05) is 6.92 Å². The minimum Gasteiger partial charge on any atom is -0.476 e. The molecule has 1 atom stereocenters. The van der Waals surface area contributed by atoms with Gasteiger partial charge >= 0.3 is 5.97 Å². The molecule has 20 heavy (non-hydrogen) atoms. The molecule has 0 amide bonds. The lowest BCUT2D eigenvalue weighted by atomic mass is 10.0. The number of halogens is 1. The third-order valence-corrected chi connectivity index (χ3v) is 3.65. The first-order chi connectivity index (χ1) is 9.42. The number of hydrogen-bond donors (Lipinski definition) is 1. The number of aryl methyl sites for hydroxylation is 1. The molecule has 0 fully saturated rings. The summed E-state index contributed by atoms with van der Waals surface area (Å²) in [6.07, 6.45) is 1.68. The van der Waals surface area contributed by atoms with Gasteiger partial charge in [-0.05, 0) is 30.5 Å². The maximum atomic E-state index is 11.4. The second kappa shape index (κ2) is 5.75. The van der Waals surface area contributed by atoms with Gasteiger partial charge < -0.3 is 5.11 Å². The van der Waals surface area contributed by atoms with Gasteiger partial charge in [0, 0.05) is 16.8 Å². The molecule has 1 heterocycles. The third kappa shape index (κ3) is 2.90. The largest absolute Gasteiger partial charge is 0.476 e. The molecule has 106 valence electrons. The molecule has 1 aromatic heterocycles. The molecule has 0 bridgehead atoms. The predicted molar refractivity (Wildman–Crippen MR) is 79.4 cm³/mol. The van der Waals surface area contributed by atoms with Crippen LogP contribution in [0.2, 0.25) is 5.02 Å². The summed E-state index contributed by atoms with van der Waals surface area (Å²) in [7, 11) is 0. The molecular formula is C15H17ClN2O2. The molecule has 0 saturated carbocycles. The molecule has 0 aliphatic rings. The van der Waals surface area contributed by atoms with Crippen molar-refractivity contribution >= 4 is 28.5 Å². The van der Waals surface area contributed by atoms with Crippen molar-refractivity contribution in [3.05, 3.63) is 34.2 Å². The molecule has 4 nitrogen and oxygen atoms in total. The Bertz CT molecular complexity index is 670. The van der Waals surface area contributed by atoms with Crippen LogP contribution >= 0.6 is 11.6 Å². The van der Waals surface area contributed by atoms with E-state index in [9.17, 15) is 9.90 Å². The van der Waals surface area contributed by atoms with Gasteiger partial charge in [0.05, 0.1) is 5.52 Å². The fourth-order valence-electron chi connectivity index (χ4n) is 2.12. The molecule has 0 saturated heterocycles. The lowest BCUT2D eigenvalue weighted by Gasteiger charge is -2.11. The fraction of sp³-hybridized carbons (Fsp3) is 0.400. The zero-order valence-electron chi connectivity index (χ0n) is 11.8. The van der Waals surface area contributed by atoms with Gasteiger partial charge in [-0.2, -0.15) is 0 Å². The first kappa shape index (κ1) is 14.7. The zero-order chi connectivity index (χ0) is 14.9. The standard InChI is InChI=1S/C15H17ClN2O2/c1-4-8(2)5-12-17-13-9(3)6-10(16)7-11(13)14(18-12)15(19)20/h6-8H,4-5H2,1-3H3,(H,19,20). The zero-order valence-corrected chi connectivity index (χ0v) is 12.5. The maximum Gasteiger partial charge on any atom is 0.355 e. The van der Waals surface area contributed by atoms with Crippen molar-refractivity contribution in [1.82, 2.24) is 9.97 Å². The number of carboxylic acids is 1. The summed E-state index contributed by atoms with van der Waals surface area (Å²) in [6, 6.07) is 3.40. The lowest BCUT2D eigenvalue weighted by Crippen LogP contribution is -2.10. The number of carbonyl (C=O) groups is 1. The van der Waals surface area contributed by atoms with Crippen LogP contribution in [0.15, 0.2) is 12.1 Å². The molecule has 1 N–H and O–H groups in total. The molecule has 5 heteroatoms. The summed E-state index contributed by atoms with van der Waals surface area (Å²) < 4.78 is 0. The van der Waals surface area contributed by atoms with E-state index >= 15 is 0 Å². The van der Waals surface area contributed by atoms with Crippen LogP contribution in [0.1, 0.15) is 42.1 Å². The van der Waals surface area contributed by atoms with Crippen LogP contribution in [0.3, 0.4) is 0 Å². The monoisotopic (exact) mass is 292 g/mol. The smallest absolute Gasteiger partial charge is 0.355 e. The number of aromatic carboxylic acids is 1. The van der Waals surface area contributed by atoms with Crippen molar-refractivity contribution in [2.24, 2.45) is 5.92 Å². The average molecular weight is 293 g/mol. The topological polar surface area (TPSA) is 63.1 Å². The fourth-order valence-corrected chi connectivity index (χ4v) is 2.39. The average Bonchev–Trinajstić information content (AvgIpc) is 2.38. The highest BCUT2D eigenvalue weighted by molar-refractivity contribution is 6.31. The Morgan fingerprint density at radius 1 is 1.40 bits per heavy atom. The Labute approximate surface area is 122 Å². The highest BCUT2D eigenvalue weighted by Gasteiger charge is 2.16. The Balaban J connectivity index is 2.67. The number of nitrogens with zero attached hydrogens (tertiary/aromatic N) is 2. The SMILES string of the molecule is CCC(C)Cc1nc(C(=O)O)c2cc(Cl)cc(C)c2n1. The van der Waals surface area contributed by atoms with Gasteiger partial charge in [-0.15, -0.1) is 0 Å². The number of fused-ring (bicyclic) bond motifs is 1. The number of benzene rings is 1. The van der Waals surface area contributed by atoms with Crippen molar-refractivity contribution in [2.45, 2.75) is 33.6 Å². The Hall–Kier alpha value is -1.68. The summed E-state index contributed by atoms with van der Waals surface area (Å²) in [5, 5.41) is 10.3. The van der Waals surface area contributed by atoms with Crippen molar-refractivity contribution in [3.63, 3.8) is 0 Å². The highest BCUT2D eigenvalue weighted by atomic mass is 35.5. The summed E-state index contributed by atoms with van der Waals surface area (Å²) >= 11 is 6.00. The number of rotatable bonds is 4. The molecule has 0 aliphatic heterocycles. The van der Waals surface area contributed by atoms with Crippen LogP contribution in [0.4, 0.5) is 0 Å². The van der Waals surface area contributed by atoms with Crippen molar-refractivity contribution in [3.8, 4) is 0 Å².